The zero-order chi connectivity index (χ0) is 20.7. The molecule has 0 aromatic rings. The molecule has 27 heavy (non-hydrogen) atoms. The van der Waals surface area contributed by atoms with Crippen LogP contribution in [0.5, 0.6) is 0 Å². The Hall–Kier alpha value is -1.18. The van der Waals surface area contributed by atoms with Gasteiger partial charge in [0.15, 0.2) is 0 Å². The molecule has 0 aromatic heterocycles. The lowest BCUT2D eigenvalue weighted by Crippen LogP contribution is -2.35. The minimum atomic E-state index is -0.968. The fraction of sp³-hybridized carbons (Fsp3) is 0.600. The summed E-state index contributed by atoms with van der Waals surface area (Å²) in [6, 6.07) is -0.751. The lowest BCUT2D eigenvalue weighted by atomic mass is 10.1. The summed E-state index contributed by atoms with van der Waals surface area (Å²) in [6.45, 7) is 8.52. The third-order valence-corrected chi connectivity index (χ3v) is 5.49. The number of carboxylic acid groups (broad SMARTS) is 2. The van der Waals surface area contributed by atoms with Gasteiger partial charge in [-0.3, -0.25) is 9.59 Å². The molecule has 0 fully saturated rings. The Bertz CT molecular complexity index is 552. The summed E-state index contributed by atoms with van der Waals surface area (Å²) >= 11 is 2.44. The van der Waals surface area contributed by atoms with E-state index in [0.717, 1.165) is 43.4 Å². The fourth-order valence-electron chi connectivity index (χ4n) is 2.09. The fourth-order valence-corrected chi connectivity index (χ4v) is 3.78. The van der Waals surface area contributed by atoms with Gasteiger partial charge in [0.2, 0.25) is 0 Å². The van der Waals surface area contributed by atoms with Crippen LogP contribution in [0, 0.1) is 0 Å². The van der Waals surface area contributed by atoms with Gasteiger partial charge in [-0.15, -0.1) is 0 Å². The van der Waals surface area contributed by atoms with E-state index >= 15 is 0 Å². The summed E-state index contributed by atoms with van der Waals surface area (Å²) in [5, 5.41) is 17.7. The van der Waals surface area contributed by atoms with E-state index in [2.05, 4.69) is 50.6 Å². The molecular formula is C20H33NO4S2. The van der Waals surface area contributed by atoms with Crippen molar-refractivity contribution in [2.45, 2.75) is 59.4 Å². The topological polar surface area (TPSA) is 86.6 Å². The van der Waals surface area contributed by atoms with Gasteiger partial charge in [0.05, 0.1) is 0 Å². The molecule has 0 aliphatic carbocycles. The first-order valence-corrected chi connectivity index (χ1v) is 11.2. The van der Waals surface area contributed by atoms with Crippen molar-refractivity contribution >= 4 is 35.6 Å². The molecule has 7 heteroatoms. The second-order valence-electron chi connectivity index (χ2n) is 6.69. The Labute approximate surface area is 171 Å². The number of rotatable bonds is 15. The van der Waals surface area contributed by atoms with E-state index in [9.17, 15) is 9.59 Å². The molecule has 0 aliphatic heterocycles. The molecule has 5 nitrogen and oxygen atoms in total. The third-order valence-electron chi connectivity index (χ3n) is 3.68. The molecule has 0 saturated carbocycles. The molecular weight excluding hydrogens is 382 g/mol. The lowest BCUT2D eigenvalue weighted by Gasteiger charge is -2.12. The highest BCUT2D eigenvalue weighted by Gasteiger charge is 2.17. The number of hydrogen-bond acceptors (Lipinski definition) is 5. The van der Waals surface area contributed by atoms with E-state index in [0.29, 0.717) is 5.75 Å². The van der Waals surface area contributed by atoms with Crippen molar-refractivity contribution in [3.63, 3.8) is 0 Å². The van der Waals surface area contributed by atoms with E-state index < -0.39 is 18.0 Å². The van der Waals surface area contributed by atoms with Crippen molar-refractivity contribution in [1.82, 2.24) is 4.72 Å². The van der Waals surface area contributed by atoms with Gasteiger partial charge in [-0.2, -0.15) is 11.8 Å². The van der Waals surface area contributed by atoms with Crippen molar-refractivity contribution in [2.24, 2.45) is 0 Å². The first-order valence-electron chi connectivity index (χ1n) is 9.06. The van der Waals surface area contributed by atoms with Gasteiger partial charge in [-0.1, -0.05) is 46.9 Å². The van der Waals surface area contributed by atoms with Gasteiger partial charge in [0.1, 0.15) is 11.8 Å². The summed E-state index contributed by atoms with van der Waals surface area (Å²) in [7, 11) is 0. The maximum Gasteiger partial charge on any atom is 0.322 e. The van der Waals surface area contributed by atoms with Gasteiger partial charge >= 0.3 is 11.9 Å². The molecule has 0 rings (SSSR count). The second-order valence-corrected chi connectivity index (χ2v) is 8.58. The van der Waals surface area contributed by atoms with Crippen molar-refractivity contribution in [1.29, 1.82) is 0 Å². The number of carbonyl (C=O) groups is 2. The summed E-state index contributed by atoms with van der Waals surface area (Å²) in [5.74, 6) is -0.938. The highest BCUT2D eigenvalue weighted by atomic mass is 32.2. The lowest BCUT2D eigenvalue weighted by molar-refractivity contribution is -0.138. The summed E-state index contributed by atoms with van der Waals surface area (Å²) in [4.78, 5) is 21.6. The average Bonchev–Trinajstić information content (AvgIpc) is 2.56. The zero-order valence-corrected chi connectivity index (χ0v) is 18.4. The van der Waals surface area contributed by atoms with E-state index in [1.807, 2.05) is 0 Å². The summed E-state index contributed by atoms with van der Waals surface area (Å²) < 4.78 is 2.69. The molecule has 0 saturated heterocycles. The van der Waals surface area contributed by atoms with Crippen LogP contribution in [0.1, 0.15) is 53.4 Å². The standard InChI is InChI=1S/C20H33NO4S2/c1-15(2)7-5-8-16(3)9-6-10-17(4)11-12-26-13-18(20(24)25)21-27-14-19(22)23/h7,9,11,18,21H,5-6,8,10,12-14H2,1-4H3,(H,22,23)(H,24,25)/b16-9+,17-11+. The van der Waals surface area contributed by atoms with Crippen LogP contribution in [0.15, 0.2) is 34.9 Å². The average molecular weight is 416 g/mol. The quantitative estimate of drug-likeness (QED) is 0.199. The number of thioether (sulfide) groups is 1. The van der Waals surface area contributed by atoms with Crippen molar-refractivity contribution in [3.8, 4) is 0 Å². The van der Waals surface area contributed by atoms with Gasteiger partial charge in [-0.05, 0) is 53.4 Å². The minimum absolute atomic E-state index is 0.158. The van der Waals surface area contributed by atoms with Crippen LogP contribution in [0.3, 0.4) is 0 Å². The van der Waals surface area contributed by atoms with E-state index in [4.69, 9.17) is 10.2 Å². The third kappa shape index (κ3) is 16.7. The van der Waals surface area contributed by atoms with E-state index in [-0.39, 0.29) is 5.75 Å². The maximum absolute atomic E-state index is 11.2. The predicted octanol–water partition coefficient (Wildman–Crippen LogP) is 4.91. The second kappa shape index (κ2) is 15.8. The Morgan fingerprint density at radius 2 is 1.56 bits per heavy atom. The van der Waals surface area contributed by atoms with E-state index in [1.54, 1.807) is 0 Å². The van der Waals surface area contributed by atoms with Crippen molar-refractivity contribution in [2.75, 3.05) is 17.3 Å². The summed E-state index contributed by atoms with van der Waals surface area (Å²) in [5.41, 5.74) is 4.08. The van der Waals surface area contributed by atoms with Crippen LogP contribution < -0.4 is 4.72 Å². The number of allylic oxidation sites excluding steroid dienone is 5. The van der Waals surface area contributed by atoms with Gasteiger partial charge in [0.25, 0.3) is 0 Å². The molecule has 1 unspecified atom stereocenters. The highest BCUT2D eigenvalue weighted by molar-refractivity contribution is 7.99. The highest BCUT2D eigenvalue weighted by Crippen LogP contribution is 2.13. The molecule has 1 atom stereocenters. The zero-order valence-electron chi connectivity index (χ0n) is 16.8. The van der Waals surface area contributed by atoms with Crippen LogP contribution >= 0.6 is 23.7 Å². The Balaban J connectivity index is 4.07. The van der Waals surface area contributed by atoms with Gasteiger partial charge < -0.3 is 10.2 Å². The molecule has 0 aromatic carbocycles. The molecule has 0 radical (unpaired) electrons. The first-order chi connectivity index (χ1) is 12.7. The molecule has 0 heterocycles. The molecule has 0 amide bonds. The molecule has 0 bridgehead atoms. The molecule has 3 N–H and O–H groups in total. The first kappa shape index (κ1) is 25.8. The molecule has 0 spiro atoms. The predicted molar refractivity (Wildman–Crippen MR) is 117 cm³/mol. The number of carboxylic acids is 2. The van der Waals surface area contributed by atoms with Crippen LogP contribution in [-0.4, -0.2) is 45.5 Å². The largest absolute Gasteiger partial charge is 0.481 e. The van der Waals surface area contributed by atoms with Crippen LogP contribution in [-0.2, 0) is 9.59 Å². The number of hydrogen-bond donors (Lipinski definition) is 3. The maximum atomic E-state index is 11.2. The minimum Gasteiger partial charge on any atom is -0.481 e. The number of aliphatic carboxylic acids is 2. The van der Waals surface area contributed by atoms with Gasteiger partial charge in [-0.25, -0.2) is 4.72 Å². The SMILES string of the molecule is CC(C)=CCC/C(C)=C/CC/C(C)=C/CSCC(NSCC(=O)O)C(=O)O. The van der Waals surface area contributed by atoms with E-state index in [1.165, 1.54) is 28.5 Å². The molecule has 0 aliphatic rings. The Morgan fingerprint density at radius 1 is 0.963 bits per heavy atom. The Morgan fingerprint density at radius 3 is 2.11 bits per heavy atom. The monoisotopic (exact) mass is 415 g/mol. The van der Waals surface area contributed by atoms with Crippen LogP contribution in [0.2, 0.25) is 0 Å². The van der Waals surface area contributed by atoms with Crippen LogP contribution in [0.4, 0.5) is 0 Å². The normalized spacial score (nSPS) is 13.3. The number of nitrogens with one attached hydrogen (secondary N) is 1. The van der Waals surface area contributed by atoms with Crippen molar-refractivity contribution in [3.05, 3.63) is 34.9 Å². The van der Waals surface area contributed by atoms with Crippen molar-refractivity contribution < 1.29 is 19.8 Å². The van der Waals surface area contributed by atoms with Crippen LogP contribution in [0.25, 0.3) is 0 Å². The summed E-state index contributed by atoms with van der Waals surface area (Å²) in [6.07, 6.45) is 10.9. The Kier molecular flexibility index (Phi) is 15.1. The smallest absolute Gasteiger partial charge is 0.322 e. The van der Waals surface area contributed by atoms with Gasteiger partial charge in [0, 0.05) is 11.5 Å². The molecule has 154 valence electrons.